The highest BCUT2D eigenvalue weighted by Gasteiger charge is 2.13. The van der Waals surface area contributed by atoms with Crippen molar-refractivity contribution >= 4 is 11.9 Å². The predicted molar refractivity (Wildman–Crippen MR) is 54.9 cm³/mol. The van der Waals surface area contributed by atoms with Crippen LogP contribution in [0.15, 0.2) is 12.2 Å². The van der Waals surface area contributed by atoms with Gasteiger partial charge >= 0.3 is 6.03 Å². The van der Waals surface area contributed by atoms with Crippen LogP contribution in [0.1, 0.15) is 13.8 Å². The van der Waals surface area contributed by atoms with Crippen LogP contribution in [0.4, 0.5) is 4.79 Å². The molecule has 0 aromatic rings. The first-order valence-corrected chi connectivity index (χ1v) is 4.37. The van der Waals surface area contributed by atoms with Gasteiger partial charge in [0.15, 0.2) is 0 Å². The maximum absolute atomic E-state index is 11.3. The van der Waals surface area contributed by atoms with Crippen molar-refractivity contribution in [3.63, 3.8) is 0 Å². The zero-order chi connectivity index (χ0) is 11.1. The zero-order valence-corrected chi connectivity index (χ0v) is 8.81. The number of carbonyl (C=O) groups is 2. The van der Waals surface area contributed by atoms with E-state index in [-0.39, 0.29) is 5.91 Å². The minimum atomic E-state index is -0.501. The molecule has 0 aliphatic rings. The zero-order valence-electron chi connectivity index (χ0n) is 8.81. The van der Waals surface area contributed by atoms with Gasteiger partial charge in [-0.25, -0.2) is 4.79 Å². The van der Waals surface area contributed by atoms with Crippen LogP contribution >= 0.6 is 0 Å². The molecule has 0 heterocycles. The Balaban J connectivity index is 3.87. The molecule has 0 rings (SSSR count). The maximum atomic E-state index is 11.3. The molecule has 0 spiro atoms. The first kappa shape index (κ1) is 12.6. The average molecular weight is 199 g/mol. The van der Waals surface area contributed by atoms with E-state index in [1.54, 1.807) is 6.92 Å². The smallest absolute Gasteiger partial charge is 0.321 e. The molecule has 3 amide bonds. The first-order chi connectivity index (χ1) is 6.47. The molecule has 0 aliphatic carbocycles. The summed E-state index contributed by atoms with van der Waals surface area (Å²) in [5.41, 5.74) is 0.935. The van der Waals surface area contributed by atoms with Gasteiger partial charge in [0.25, 0.3) is 0 Å². The van der Waals surface area contributed by atoms with Crippen molar-refractivity contribution in [3.05, 3.63) is 12.2 Å². The summed E-state index contributed by atoms with van der Waals surface area (Å²) < 4.78 is 0. The highest BCUT2D eigenvalue weighted by atomic mass is 16.2. The number of imide groups is 1. The third-order valence-corrected chi connectivity index (χ3v) is 1.57. The second kappa shape index (κ2) is 6.15. The van der Waals surface area contributed by atoms with E-state index in [2.05, 4.69) is 22.5 Å². The standard InChI is InChI=1S/C9H17N3O2/c1-6(2)5-11-7(3)8(13)12-9(14)10-4/h7,11H,1,5H2,2-4H3,(H2,10,12,13,14). The fourth-order valence-corrected chi connectivity index (χ4v) is 0.703. The lowest BCUT2D eigenvalue weighted by Crippen LogP contribution is -2.47. The molecule has 14 heavy (non-hydrogen) atoms. The van der Waals surface area contributed by atoms with Crippen molar-refractivity contribution in [1.29, 1.82) is 0 Å². The SMILES string of the molecule is C=C(C)CNC(C)C(=O)NC(=O)NC. The number of rotatable bonds is 4. The summed E-state index contributed by atoms with van der Waals surface area (Å²) in [4.78, 5) is 22.0. The van der Waals surface area contributed by atoms with Gasteiger partial charge in [0.1, 0.15) is 0 Å². The van der Waals surface area contributed by atoms with Crippen LogP contribution in [0.3, 0.4) is 0 Å². The van der Waals surface area contributed by atoms with E-state index in [1.807, 2.05) is 6.92 Å². The number of nitrogens with one attached hydrogen (secondary N) is 3. The summed E-state index contributed by atoms with van der Waals surface area (Å²) >= 11 is 0. The molecule has 0 aromatic carbocycles. The summed E-state index contributed by atoms with van der Waals surface area (Å²) in [5, 5.41) is 7.39. The summed E-state index contributed by atoms with van der Waals surface area (Å²) in [6.45, 7) is 7.79. The third-order valence-electron chi connectivity index (χ3n) is 1.57. The van der Waals surface area contributed by atoms with Crippen molar-refractivity contribution in [3.8, 4) is 0 Å². The minimum absolute atomic E-state index is 0.356. The van der Waals surface area contributed by atoms with Crippen LogP contribution in [0.2, 0.25) is 0 Å². The molecule has 80 valence electrons. The van der Waals surface area contributed by atoms with E-state index in [0.29, 0.717) is 6.54 Å². The van der Waals surface area contributed by atoms with Gasteiger partial charge in [-0.2, -0.15) is 0 Å². The Kier molecular flexibility index (Phi) is 5.55. The number of urea groups is 1. The Morgan fingerprint density at radius 2 is 2.00 bits per heavy atom. The molecule has 0 aromatic heterocycles. The van der Waals surface area contributed by atoms with E-state index in [1.165, 1.54) is 7.05 Å². The lowest BCUT2D eigenvalue weighted by atomic mass is 10.3. The van der Waals surface area contributed by atoms with Crippen molar-refractivity contribution in [2.24, 2.45) is 0 Å². The normalized spacial score (nSPS) is 11.6. The van der Waals surface area contributed by atoms with E-state index >= 15 is 0 Å². The van der Waals surface area contributed by atoms with Crippen LogP contribution in [-0.2, 0) is 4.79 Å². The van der Waals surface area contributed by atoms with Gasteiger partial charge in [0.05, 0.1) is 6.04 Å². The lowest BCUT2D eigenvalue weighted by molar-refractivity contribution is -0.121. The van der Waals surface area contributed by atoms with Gasteiger partial charge in [-0.05, 0) is 13.8 Å². The maximum Gasteiger partial charge on any atom is 0.321 e. The first-order valence-electron chi connectivity index (χ1n) is 4.37. The number of amides is 3. The number of carbonyl (C=O) groups excluding carboxylic acids is 2. The second-order valence-electron chi connectivity index (χ2n) is 3.13. The van der Waals surface area contributed by atoms with Crippen molar-refractivity contribution in [2.75, 3.05) is 13.6 Å². The summed E-state index contributed by atoms with van der Waals surface area (Å²) in [5.74, 6) is -0.356. The van der Waals surface area contributed by atoms with Crippen molar-refractivity contribution < 1.29 is 9.59 Å². The Morgan fingerprint density at radius 1 is 1.43 bits per heavy atom. The molecule has 0 aliphatic heterocycles. The fraction of sp³-hybridized carbons (Fsp3) is 0.556. The van der Waals surface area contributed by atoms with E-state index < -0.39 is 12.1 Å². The van der Waals surface area contributed by atoms with Crippen molar-refractivity contribution in [1.82, 2.24) is 16.0 Å². The van der Waals surface area contributed by atoms with Gasteiger partial charge in [-0.1, -0.05) is 12.2 Å². The fourth-order valence-electron chi connectivity index (χ4n) is 0.703. The highest BCUT2D eigenvalue weighted by Crippen LogP contribution is 1.86. The van der Waals surface area contributed by atoms with E-state index in [9.17, 15) is 9.59 Å². The Hall–Kier alpha value is -1.36. The number of hydrogen-bond donors (Lipinski definition) is 3. The Bertz CT molecular complexity index is 238. The van der Waals surface area contributed by atoms with Crippen molar-refractivity contribution in [2.45, 2.75) is 19.9 Å². The molecular formula is C9H17N3O2. The molecule has 1 atom stereocenters. The average Bonchev–Trinajstić information content (AvgIpc) is 2.13. The monoisotopic (exact) mass is 199 g/mol. The topological polar surface area (TPSA) is 70.2 Å². The largest absolute Gasteiger partial charge is 0.341 e. The van der Waals surface area contributed by atoms with Crippen LogP contribution in [-0.4, -0.2) is 31.6 Å². The van der Waals surface area contributed by atoms with Crippen LogP contribution in [0.5, 0.6) is 0 Å². The molecule has 0 bridgehead atoms. The minimum Gasteiger partial charge on any atom is -0.341 e. The van der Waals surface area contributed by atoms with E-state index in [4.69, 9.17) is 0 Å². The molecule has 0 radical (unpaired) electrons. The molecule has 5 nitrogen and oxygen atoms in total. The third kappa shape index (κ3) is 5.31. The molecule has 0 saturated carbocycles. The van der Waals surface area contributed by atoms with E-state index in [0.717, 1.165) is 5.57 Å². The molecule has 1 unspecified atom stereocenters. The molecule has 0 fully saturated rings. The van der Waals surface area contributed by atoms with Crippen LogP contribution in [0.25, 0.3) is 0 Å². The lowest BCUT2D eigenvalue weighted by Gasteiger charge is -2.12. The molecule has 3 N–H and O–H groups in total. The summed E-state index contributed by atoms with van der Waals surface area (Å²) in [6.07, 6.45) is 0. The molecule has 5 heteroatoms. The van der Waals surface area contributed by atoms with Gasteiger partial charge in [0.2, 0.25) is 5.91 Å². The Labute approximate surface area is 83.9 Å². The van der Waals surface area contributed by atoms with Crippen LogP contribution in [0, 0.1) is 0 Å². The van der Waals surface area contributed by atoms with Crippen LogP contribution < -0.4 is 16.0 Å². The van der Waals surface area contributed by atoms with Gasteiger partial charge in [-0.3, -0.25) is 10.1 Å². The second-order valence-corrected chi connectivity index (χ2v) is 3.13. The quantitative estimate of drug-likeness (QED) is 0.558. The van der Waals surface area contributed by atoms with Gasteiger partial charge < -0.3 is 10.6 Å². The molecule has 0 saturated heterocycles. The number of hydrogen-bond acceptors (Lipinski definition) is 3. The molecular weight excluding hydrogens is 182 g/mol. The van der Waals surface area contributed by atoms with Gasteiger partial charge in [-0.15, -0.1) is 0 Å². The highest BCUT2D eigenvalue weighted by molar-refractivity contribution is 5.96. The summed E-state index contributed by atoms with van der Waals surface area (Å²) in [6, 6.07) is -0.914. The van der Waals surface area contributed by atoms with Gasteiger partial charge in [0, 0.05) is 13.6 Å². The summed E-state index contributed by atoms with van der Waals surface area (Å²) in [7, 11) is 1.45. The predicted octanol–water partition coefficient (Wildman–Crippen LogP) is -0.00380. The Morgan fingerprint density at radius 3 is 2.43 bits per heavy atom.